The van der Waals surface area contributed by atoms with Crippen molar-refractivity contribution < 1.29 is 58.4 Å². The van der Waals surface area contributed by atoms with Crippen molar-refractivity contribution in [3.05, 3.63) is 423 Å². The van der Waals surface area contributed by atoms with Gasteiger partial charge < -0.3 is 29.9 Å². The summed E-state index contributed by atoms with van der Waals surface area (Å²) in [7, 11) is 0. The first-order valence-corrected chi connectivity index (χ1v) is 55.2. The number of fused-ring (bicyclic) bond motifs is 24. The smallest absolute Gasteiger partial charge is 0.657 e. The van der Waals surface area contributed by atoms with Crippen LogP contribution in [0.5, 0.6) is 0 Å². The summed E-state index contributed by atoms with van der Waals surface area (Å²) in [5.41, 5.74) is 38.1. The molecule has 12 nitrogen and oxygen atoms in total. The Balaban J connectivity index is 0.00000388. The third kappa shape index (κ3) is 18.0. The summed E-state index contributed by atoms with van der Waals surface area (Å²) in [5, 5.41) is 18.9. The third-order valence-corrected chi connectivity index (χ3v) is 34.2. The van der Waals surface area contributed by atoms with Gasteiger partial charge in [-0.1, -0.05) is 199 Å². The molecule has 24 bridgehead atoms. The van der Waals surface area contributed by atoms with Crippen molar-refractivity contribution in [1.82, 2.24) is 59.8 Å². The van der Waals surface area contributed by atoms with Gasteiger partial charge in [-0.3, -0.25) is 0 Å². The van der Waals surface area contributed by atoms with Gasteiger partial charge in [0.1, 0.15) is 0 Å². The SMILES string of the molecule is C(#Cc1cc(C#Cc2ccc(-c3c4nc(c(-c5cccs5)c5ccc([n-]5)c(-c5cccs5)c5nc(c(-c6cccs6)c6ccc3[n-]6)C=C5)C=C4)cc2)cc(C#Cc2ccc(-c3c4nc(c(-c5cccs5)c5ccc([n-]5)c(-c5cccs5)c5nc(c(-c6cccs6)c6ccc3[n-]6)C=C5)C=C4)cc2)c1)c1ccc(-c2c3nc(c(-c4cccs4)c4ccc([n-]4)c(-c4cccs4)c4nc(c(-c5cccs5)c5ccc2[n-]5)C=C4)C=C3)cc1.[Zn+2].[Zn+2].[Zn+2]. The predicted molar refractivity (Wildman–Crippen MR) is 621 cm³/mol. The molecule has 0 fully saturated rings. The number of hydrogen-bond acceptors (Lipinski definition) is 15. The first kappa shape index (κ1) is 95.4. The molecule has 0 saturated heterocycles. The molecule has 0 aliphatic carbocycles. The second-order valence-electron chi connectivity index (χ2n) is 35.2. The second-order valence-corrected chi connectivity index (χ2v) is 43.7. The van der Waals surface area contributed by atoms with Crippen LogP contribution >= 0.6 is 102 Å². The molecule has 150 heavy (non-hydrogen) atoms. The molecule has 690 valence electrons. The number of thiophene rings is 9. The van der Waals surface area contributed by atoms with Crippen LogP contribution in [0.25, 0.3) is 266 Å². The van der Waals surface area contributed by atoms with Gasteiger partial charge in [-0.25, -0.2) is 29.9 Å². The Hall–Kier alpha value is -15.5. The monoisotopic (exact) mass is 2230 g/mol. The molecule has 22 aromatic rings. The molecule has 0 saturated carbocycles. The van der Waals surface area contributed by atoms with Crippen molar-refractivity contribution in [2.75, 3.05) is 0 Å². The summed E-state index contributed by atoms with van der Waals surface area (Å²) < 4.78 is 0. The fraction of sp³-hybridized carbons (Fsp3) is 0. The Kier molecular flexibility index (Phi) is 26.0. The molecular weight excluding hydrogens is 2170 g/mol. The molecule has 24 heteroatoms. The molecule has 0 spiro atoms. The zero-order chi connectivity index (χ0) is 96.9. The van der Waals surface area contributed by atoms with E-state index in [9.17, 15) is 0 Å². The van der Waals surface area contributed by atoms with Crippen LogP contribution in [0.15, 0.2) is 321 Å². The third-order valence-electron chi connectivity index (χ3n) is 26.2. The van der Waals surface area contributed by atoms with Crippen LogP contribution < -0.4 is 29.9 Å². The van der Waals surface area contributed by atoms with E-state index in [1.54, 1.807) is 102 Å². The van der Waals surface area contributed by atoms with E-state index < -0.39 is 0 Å². The van der Waals surface area contributed by atoms with Crippen molar-refractivity contribution in [2.24, 2.45) is 0 Å². The molecule has 6 aliphatic rings. The van der Waals surface area contributed by atoms with Gasteiger partial charge in [-0.15, -0.1) is 168 Å². The normalized spacial score (nSPS) is 11.9. The Morgan fingerprint density at radius 2 is 0.280 bits per heavy atom. The van der Waals surface area contributed by atoms with Crippen molar-refractivity contribution in [2.45, 2.75) is 0 Å². The van der Waals surface area contributed by atoms with Gasteiger partial charge in [0, 0.05) is 127 Å². The Labute approximate surface area is 935 Å². The largest absolute Gasteiger partial charge is 2.00 e. The number of hydrogen-bond donors (Lipinski definition) is 0. The van der Waals surface area contributed by atoms with Crippen LogP contribution in [0, 0.1) is 35.5 Å². The number of rotatable bonds is 12. The first-order chi connectivity index (χ1) is 72.7. The van der Waals surface area contributed by atoms with Crippen molar-refractivity contribution in [3.63, 3.8) is 0 Å². The van der Waals surface area contributed by atoms with E-state index in [-0.39, 0.29) is 58.4 Å². The van der Waals surface area contributed by atoms with E-state index in [0.717, 1.165) is 295 Å². The topological polar surface area (TPSA) is 162 Å². The van der Waals surface area contributed by atoms with Gasteiger partial charge in [0.25, 0.3) is 0 Å². The summed E-state index contributed by atoms with van der Waals surface area (Å²) in [5.74, 6) is 21.5. The van der Waals surface area contributed by atoms with Crippen LogP contribution in [0.3, 0.4) is 0 Å². The summed E-state index contributed by atoms with van der Waals surface area (Å²) in [6, 6.07) is 94.8. The molecule has 0 N–H and O–H groups in total. The van der Waals surface area contributed by atoms with Crippen molar-refractivity contribution in [3.8, 4) is 163 Å². The van der Waals surface area contributed by atoms with E-state index in [2.05, 4.69) is 412 Å². The molecule has 24 heterocycles. The first-order valence-electron chi connectivity index (χ1n) is 47.3. The zero-order valence-electron chi connectivity index (χ0n) is 79.3. The maximum Gasteiger partial charge on any atom is 2.00 e. The quantitative estimate of drug-likeness (QED) is 0.0842. The molecule has 4 aromatic carbocycles. The van der Waals surface area contributed by atoms with Crippen LogP contribution in [0.4, 0.5) is 0 Å². The van der Waals surface area contributed by atoms with Gasteiger partial charge in [0.05, 0.1) is 68.3 Å². The maximum atomic E-state index is 5.56. The van der Waals surface area contributed by atoms with E-state index in [1.165, 1.54) is 0 Å². The van der Waals surface area contributed by atoms with Gasteiger partial charge >= 0.3 is 58.4 Å². The molecular formula is C126H66N12S9Zn3. The van der Waals surface area contributed by atoms with Crippen molar-refractivity contribution >= 4 is 241 Å². The van der Waals surface area contributed by atoms with Crippen LogP contribution in [-0.4, -0.2) is 29.9 Å². The average Bonchev–Trinajstić information content (AvgIpc) is 1.62. The Morgan fingerprint density at radius 3 is 0.420 bits per heavy atom. The minimum absolute atomic E-state index is 0. The molecule has 18 aromatic heterocycles. The molecule has 0 amide bonds. The maximum absolute atomic E-state index is 5.56. The van der Waals surface area contributed by atoms with Crippen molar-refractivity contribution in [1.29, 1.82) is 0 Å². The van der Waals surface area contributed by atoms with E-state index in [4.69, 9.17) is 59.8 Å². The molecule has 0 radical (unpaired) electrons. The van der Waals surface area contributed by atoms with Gasteiger partial charge in [0.15, 0.2) is 0 Å². The fourth-order valence-electron chi connectivity index (χ4n) is 19.6. The zero-order valence-corrected chi connectivity index (χ0v) is 95.5. The summed E-state index contributed by atoms with van der Waals surface area (Å²) in [6.07, 6.45) is 25.4. The standard InChI is InChI=1S/C126H66N12S9.3Zn/c1-10-106(139-61-1)118-88-43-37-82(127-88)115(83-38-44-89(128-83)119(107-11-2-62-140-107)95-50-56-101(134-95)124(112-16-7-67-145-112)100-55-49-94(118)133-100)79-31-25-73(26-32-79)19-22-76-70-77(23-20-74-27-33-80(34-28-74)116-84-39-45-90(129-84)120(108-12-3-63-141-108)96-51-57-102(135-96)125(113-17-8-68-146-113)103-58-52-97(136-103)121(109-13-4-64-142-109)91-46-40-85(116)130-91)72-78(71-76)24-21-75-29-35-81(36-30-75)117-86-41-47-92(131-86)122(110-14-5-65-143-110)98-53-59-104(137-98)126(114-18-9-69-147-114)105-60-54-99(138-105)123(111-15-6-66-144-111)93-48-42-87(117)132-93;;;/h1-18,25-72H;;;/q-6;3*+2. The average molecular weight is 2230 g/mol. The number of benzene rings is 4. The Morgan fingerprint density at radius 1 is 0.147 bits per heavy atom. The van der Waals surface area contributed by atoms with Crippen LogP contribution in [0.1, 0.15) is 102 Å². The second kappa shape index (κ2) is 40.9. The van der Waals surface area contributed by atoms with Gasteiger partial charge in [-0.2, -0.15) is 0 Å². The Bertz CT molecular complexity index is 9060. The number of aromatic nitrogens is 12. The fourth-order valence-corrected chi connectivity index (χ4v) is 26.7. The summed E-state index contributed by atoms with van der Waals surface area (Å²) >= 11 is 15.1. The minimum atomic E-state index is 0. The van der Waals surface area contributed by atoms with E-state index in [0.29, 0.717) is 0 Å². The summed E-state index contributed by atoms with van der Waals surface area (Å²) in [4.78, 5) is 75.7. The number of nitrogens with zero attached hydrogens (tertiary/aromatic N) is 12. The molecule has 28 rings (SSSR count). The summed E-state index contributed by atoms with van der Waals surface area (Å²) in [6.45, 7) is 0. The minimum Gasteiger partial charge on any atom is -0.657 e. The van der Waals surface area contributed by atoms with E-state index in [1.807, 2.05) is 18.2 Å². The molecule has 6 aliphatic heterocycles. The van der Waals surface area contributed by atoms with E-state index >= 15 is 0 Å². The molecule has 0 unspecified atom stereocenters. The van der Waals surface area contributed by atoms with Crippen LogP contribution in [-0.2, 0) is 58.4 Å². The van der Waals surface area contributed by atoms with Gasteiger partial charge in [0.2, 0.25) is 0 Å². The molecule has 0 atom stereocenters. The predicted octanol–water partition coefficient (Wildman–Crippen LogP) is 33.1. The van der Waals surface area contributed by atoms with Crippen LogP contribution in [0.2, 0.25) is 0 Å². The van der Waals surface area contributed by atoms with Gasteiger partial charge in [-0.05, 0) is 264 Å².